The molecule has 0 saturated carbocycles. The Morgan fingerprint density at radius 3 is 1.92 bits per heavy atom. The van der Waals surface area contributed by atoms with Crippen LogP contribution < -0.4 is 5.11 Å². The van der Waals surface area contributed by atoms with Gasteiger partial charge in [-0.2, -0.15) is 0 Å². The molecule has 2 aromatic carbocycles. The fraction of sp³-hybridized carbons (Fsp3) is 0.514. The first-order valence-electron chi connectivity index (χ1n) is 14.4. The number of carboxylic acids is 1. The smallest absolute Gasteiger partial charge is 0.133 e. The molecule has 2 atom stereocenters. The summed E-state index contributed by atoms with van der Waals surface area (Å²) in [6.45, 7) is 17.2. The maximum absolute atomic E-state index is 13.1. The number of hydrogen-bond acceptors (Lipinski definition) is 3. The van der Waals surface area contributed by atoms with Gasteiger partial charge >= 0.3 is 0 Å². The van der Waals surface area contributed by atoms with Gasteiger partial charge in [-0.15, -0.1) is 0 Å². The second kappa shape index (κ2) is 11.6. The van der Waals surface area contributed by atoms with Gasteiger partial charge in [0.25, 0.3) is 0 Å². The molecule has 3 nitrogen and oxygen atoms in total. The van der Waals surface area contributed by atoms with Gasteiger partial charge in [0.05, 0.1) is 5.97 Å². The van der Waals surface area contributed by atoms with E-state index in [0.717, 1.165) is 59.1 Å². The Kier molecular flexibility index (Phi) is 9.14. The largest absolute Gasteiger partial charge is 0.549 e. The van der Waals surface area contributed by atoms with Crippen LogP contribution in [0.15, 0.2) is 65.8 Å². The van der Waals surface area contributed by atoms with Crippen molar-refractivity contribution in [1.29, 1.82) is 0 Å². The van der Waals surface area contributed by atoms with Crippen LogP contribution in [0.5, 0.6) is 0 Å². The number of carbonyl (C=O) groups is 1. The number of carboxylic acid groups (broad SMARTS) is 1. The van der Waals surface area contributed by atoms with Gasteiger partial charge in [0.1, 0.15) is 5.60 Å². The summed E-state index contributed by atoms with van der Waals surface area (Å²) >= 11 is 0. The van der Waals surface area contributed by atoms with E-state index in [2.05, 4.69) is 67.5 Å². The lowest BCUT2D eigenvalue weighted by atomic mass is 9.63. The van der Waals surface area contributed by atoms with E-state index < -0.39 is 17.5 Å². The zero-order chi connectivity index (χ0) is 28.3. The van der Waals surface area contributed by atoms with Gasteiger partial charge in [0.15, 0.2) is 0 Å². The molecule has 2 aromatic rings. The Morgan fingerprint density at radius 2 is 1.37 bits per heavy atom. The van der Waals surface area contributed by atoms with Gasteiger partial charge in [-0.25, -0.2) is 0 Å². The standard InChI is InChI=1S/C35H48O3/c1-9-11-17-24-23-26(32(36)37)31(25-18-13-14-20-27(25)33(3,4)5)30(19-12-10-2)35(24,38)29-22-16-15-21-28(29)34(6,7)8/h13-16,18,20-23,26,38H,9-12,17,19H2,1-8H3,(H,36,37)/p-1. The van der Waals surface area contributed by atoms with Gasteiger partial charge in [0, 0.05) is 5.92 Å². The zero-order valence-electron chi connectivity index (χ0n) is 24.8. The van der Waals surface area contributed by atoms with Crippen molar-refractivity contribution in [2.75, 3.05) is 0 Å². The second-order valence-electron chi connectivity index (χ2n) is 12.9. The highest BCUT2D eigenvalue weighted by Crippen LogP contribution is 2.53. The molecule has 0 fully saturated rings. The maximum Gasteiger partial charge on any atom is 0.133 e. The van der Waals surface area contributed by atoms with Gasteiger partial charge in [-0.1, -0.05) is 123 Å². The first-order chi connectivity index (χ1) is 17.8. The highest BCUT2D eigenvalue weighted by Gasteiger charge is 2.46. The molecule has 38 heavy (non-hydrogen) atoms. The molecule has 1 N–H and O–H groups in total. The molecular weight excluding hydrogens is 468 g/mol. The molecule has 206 valence electrons. The molecular formula is C35H47O3-. The van der Waals surface area contributed by atoms with E-state index in [4.69, 9.17) is 0 Å². The number of unbranched alkanes of at least 4 members (excludes halogenated alkanes) is 2. The van der Waals surface area contributed by atoms with E-state index in [9.17, 15) is 15.0 Å². The highest BCUT2D eigenvalue weighted by atomic mass is 16.4. The molecule has 3 rings (SSSR count). The SMILES string of the molecule is CCCCC1=CC(C(=O)[O-])C(c2ccccc2C(C)(C)C)=C(CCCC)C1(O)c1ccccc1C(C)(C)C. The summed E-state index contributed by atoms with van der Waals surface area (Å²) in [7, 11) is 0. The van der Waals surface area contributed by atoms with Crippen molar-refractivity contribution in [1.82, 2.24) is 0 Å². The summed E-state index contributed by atoms with van der Waals surface area (Å²) in [5, 5.41) is 26.0. The van der Waals surface area contributed by atoms with Gasteiger partial charge in [0.2, 0.25) is 0 Å². The molecule has 0 aliphatic heterocycles. The Bertz CT molecular complexity index is 1200. The highest BCUT2D eigenvalue weighted by molar-refractivity contribution is 5.93. The van der Waals surface area contributed by atoms with E-state index in [-0.39, 0.29) is 10.8 Å². The van der Waals surface area contributed by atoms with Crippen molar-refractivity contribution < 1.29 is 15.0 Å². The third kappa shape index (κ3) is 5.83. The predicted octanol–water partition coefficient (Wildman–Crippen LogP) is 7.61. The number of hydrogen-bond donors (Lipinski definition) is 1. The van der Waals surface area contributed by atoms with Crippen LogP contribution in [0.4, 0.5) is 0 Å². The minimum absolute atomic E-state index is 0.202. The van der Waals surface area contributed by atoms with Crippen molar-refractivity contribution in [2.45, 2.75) is 110 Å². The summed E-state index contributed by atoms with van der Waals surface area (Å²) in [6.07, 6.45) is 6.70. The van der Waals surface area contributed by atoms with Crippen LogP contribution in [0.2, 0.25) is 0 Å². The van der Waals surface area contributed by atoms with Crippen LogP contribution in [-0.4, -0.2) is 11.1 Å². The Labute approximate surface area is 230 Å². The molecule has 0 saturated heterocycles. The molecule has 0 amide bonds. The number of benzene rings is 2. The van der Waals surface area contributed by atoms with Crippen molar-refractivity contribution in [3.8, 4) is 0 Å². The fourth-order valence-corrected chi connectivity index (χ4v) is 5.96. The van der Waals surface area contributed by atoms with E-state index in [1.54, 1.807) is 0 Å². The maximum atomic E-state index is 13.1. The topological polar surface area (TPSA) is 60.4 Å². The van der Waals surface area contributed by atoms with Crippen molar-refractivity contribution in [3.05, 3.63) is 88.0 Å². The molecule has 2 unspecified atom stereocenters. The van der Waals surface area contributed by atoms with Gasteiger partial charge < -0.3 is 15.0 Å². The van der Waals surface area contributed by atoms with Crippen LogP contribution >= 0.6 is 0 Å². The van der Waals surface area contributed by atoms with E-state index in [0.29, 0.717) is 18.4 Å². The number of aliphatic carboxylic acids is 1. The van der Waals surface area contributed by atoms with Crippen molar-refractivity contribution in [2.24, 2.45) is 5.92 Å². The molecule has 0 bridgehead atoms. The first-order valence-corrected chi connectivity index (χ1v) is 14.4. The molecule has 0 aromatic heterocycles. The Morgan fingerprint density at radius 1 is 0.842 bits per heavy atom. The summed E-state index contributed by atoms with van der Waals surface area (Å²) in [6, 6.07) is 16.3. The molecule has 0 spiro atoms. The van der Waals surface area contributed by atoms with E-state index in [1.165, 1.54) is 0 Å². The van der Waals surface area contributed by atoms with Gasteiger partial charge in [-0.05, 0) is 75.5 Å². The quantitative estimate of drug-likeness (QED) is 0.350. The minimum atomic E-state index is -1.39. The summed E-state index contributed by atoms with van der Waals surface area (Å²) in [5.74, 6) is -2.03. The number of aliphatic hydroxyl groups is 1. The van der Waals surface area contributed by atoms with Crippen LogP contribution in [0.1, 0.15) is 116 Å². The third-order valence-electron chi connectivity index (χ3n) is 7.89. The molecule has 0 heterocycles. The average molecular weight is 516 g/mol. The van der Waals surface area contributed by atoms with Crippen LogP contribution in [0.3, 0.4) is 0 Å². The van der Waals surface area contributed by atoms with Crippen LogP contribution in [0.25, 0.3) is 5.57 Å². The molecule has 1 aliphatic rings. The Balaban J connectivity index is 2.53. The first kappa shape index (κ1) is 29.9. The van der Waals surface area contributed by atoms with E-state index in [1.807, 2.05) is 42.5 Å². The minimum Gasteiger partial charge on any atom is -0.549 e. The lowest BCUT2D eigenvalue weighted by Crippen LogP contribution is -2.42. The summed E-state index contributed by atoms with van der Waals surface area (Å²) in [4.78, 5) is 12.8. The zero-order valence-corrected chi connectivity index (χ0v) is 24.8. The lowest BCUT2D eigenvalue weighted by Gasteiger charge is -2.44. The van der Waals surface area contributed by atoms with E-state index >= 15 is 0 Å². The molecule has 1 aliphatic carbocycles. The normalized spacial score (nSPS) is 20.4. The summed E-state index contributed by atoms with van der Waals surface area (Å²) in [5.41, 5.74) is 4.43. The molecule has 3 heteroatoms. The van der Waals surface area contributed by atoms with Crippen molar-refractivity contribution >= 4 is 11.5 Å². The Hall–Kier alpha value is -2.65. The third-order valence-corrected chi connectivity index (χ3v) is 7.89. The number of rotatable bonds is 9. The van der Waals surface area contributed by atoms with Crippen molar-refractivity contribution in [3.63, 3.8) is 0 Å². The fourth-order valence-electron chi connectivity index (χ4n) is 5.96. The number of carbonyl (C=O) groups excluding carboxylic acids is 1. The van der Waals surface area contributed by atoms with Gasteiger partial charge in [-0.3, -0.25) is 0 Å². The predicted molar refractivity (Wildman–Crippen MR) is 157 cm³/mol. The summed E-state index contributed by atoms with van der Waals surface area (Å²) < 4.78 is 0. The molecule has 0 radical (unpaired) electrons. The average Bonchev–Trinajstić information content (AvgIpc) is 2.85. The monoisotopic (exact) mass is 515 g/mol. The van der Waals surface area contributed by atoms with Crippen LogP contribution in [0, 0.1) is 5.92 Å². The van der Waals surface area contributed by atoms with Crippen LogP contribution in [-0.2, 0) is 21.2 Å². The lowest BCUT2D eigenvalue weighted by molar-refractivity contribution is -0.307. The second-order valence-corrected chi connectivity index (χ2v) is 12.9.